The summed E-state index contributed by atoms with van der Waals surface area (Å²) >= 11 is 0. The maximum atomic E-state index is 13.1. The topological polar surface area (TPSA) is 20.2 Å². The van der Waals surface area contributed by atoms with Gasteiger partial charge >= 0.3 is 0 Å². The van der Waals surface area contributed by atoms with Crippen molar-refractivity contribution >= 4 is 0 Å². The quantitative estimate of drug-likeness (QED) is 0.831. The van der Waals surface area contributed by atoms with Crippen molar-refractivity contribution in [1.82, 2.24) is 0 Å². The van der Waals surface area contributed by atoms with Gasteiger partial charge in [0.15, 0.2) is 17.5 Å². The predicted molar refractivity (Wildman–Crippen MR) is 62.5 cm³/mol. The molecule has 1 nitrogen and oxygen atoms in total. The van der Waals surface area contributed by atoms with E-state index < -0.39 is 17.5 Å². The monoisotopic (exact) mass is 252 g/mol. The van der Waals surface area contributed by atoms with Crippen LogP contribution in [0, 0.1) is 17.5 Å². The minimum Gasteiger partial charge on any atom is -0.396 e. The van der Waals surface area contributed by atoms with E-state index in [4.69, 9.17) is 5.11 Å². The lowest BCUT2D eigenvalue weighted by molar-refractivity contribution is 0.299. The molecule has 2 rings (SSSR count). The van der Waals surface area contributed by atoms with Gasteiger partial charge in [-0.25, -0.2) is 13.2 Å². The molecule has 0 saturated heterocycles. The Hall–Kier alpha value is -1.81. The molecule has 0 atom stereocenters. The second kappa shape index (κ2) is 5.23. The van der Waals surface area contributed by atoms with E-state index in [1.807, 2.05) is 0 Å². The first-order chi connectivity index (χ1) is 8.61. The first-order valence-corrected chi connectivity index (χ1v) is 5.46. The molecule has 0 fully saturated rings. The molecule has 0 radical (unpaired) electrons. The standard InChI is InChI=1S/C14H11F3O/c15-12-7-11(8-13(16)14(12)17)10-3-1-2-9(6-10)4-5-18/h1-3,6-8,18H,4-5H2. The summed E-state index contributed by atoms with van der Waals surface area (Å²) in [7, 11) is 0. The van der Waals surface area contributed by atoms with Crippen LogP contribution in [0.5, 0.6) is 0 Å². The maximum Gasteiger partial charge on any atom is 0.194 e. The fourth-order valence-corrected chi connectivity index (χ4v) is 1.76. The van der Waals surface area contributed by atoms with Crippen LogP contribution in [-0.2, 0) is 6.42 Å². The summed E-state index contributed by atoms with van der Waals surface area (Å²) in [6, 6.07) is 8.82. The highest BCUT2D eigenvalue weighted by atomic mass is 19.2. The number of rotatable bonds is 3. The second-order valence-corrected chi connectivity index (χ2v) is 3.93. The Bertz CT molecular complexity index is 544. The van der Waals surface area contributed by atoms with Crippen LogP contribution in [-0.4, -0.2) is 11.7 Å². The van der Waals surface area contributed by atoms with Gasteiger partial charge in [-0.3, -0.25) is 0 Å². The second-order valence-electron chi connectivity index (χ2n) is 3.93. The van der Waals surface area contributed by atoms with E-state index >= 15 is 0 Å². The summed E-state index contributed by atoms with van der Waals surface area (Å²) in [4.78, 5) is 0. The molecule has 0 aromatic heterocycles. The Balaban J connectivity index is 2.45. The average Bonchev–Trinajstić information content (AvgIpc) is 2.36. The number of hydrogen-bond acceptors (Lipinski definition) is 1. The fourth-order valence-electron chi connectivity index (χ4n) is 1.76. The van der Waals surface area contributed by atoms with E-state index in [9.17, 15) is 13.2 Å². The molecular weight excluding hydrogens is 241 g/mol. The summed E-state index contributed by atoms with van der Waals surface area (Å²) < 4.78 is 39.1. The molecule has 2 aromatic carbocycles. The van der Waals surface area contributed by atoms with Crippen molar-refractivity contribution in [3.63, 3.8) is 0 Å². The van der Waals surface area contributed by atoms with Crippen molar-refractivity contribution in [3.8, 4) is 11.1 Å². The van der Waals surface area contributed by atoms with Crippen LogP contribution in [0.4, 0.5) is 13.2 Å². The summed E-state index contributed by atoms with van der Waals surface area (Å²) in [5, 5.41) is 8.84. The molecule has 94 valence electrons. The summed E-state index contributed by atoms with van der Waals surface area (Å²) in [6.07, 6.45) is 0.458. The van der Waals surface area contributed by atoms with Gasteiger partial charge < -0.3 is 5.11 Å². The molecule has 0 unspecified atom stereocenters. The predicted octanol–water partition coefficient (Wildman–Crippen LogP) is 3.31. The minimum atomic E-state index is -1.47. The van der Waals surface area contributed by atoms with E-state index in [0.29, 0.717) is 12.0 Å². The highest BCUT2D eigenvalue weighted by Gasteiger charge is 2.11. The maximum absolute atomic E-state index is 13.1. The number of aliphatic hydroxyl groups is 1. The van der Waals surface area contributed by atoms with Crippen molar-refractivity contribution in [2.45, 2.75) is 6.42 Å². The fraction of sp³-hybridized carbons (Fsp3) is 0.143. The molecule has 1 N–H and O–H groups in total. The van der Waals surface area contributed by atoms with Gasteiger partial charge in [0.05, 0.1) is 0 Å². The first-order valence-electron chi connectivity index (χ1n) is 5.46. The Labute approximate surface area is 103 Å². The van der Waals surface area contributed by atoms with Crippen LogP contribution >= 0.6 is 0 Å². The summed E-state index contributed by atoms with van der Waals surface area (Å²) in [5.74, 6) is -3.89. The smallest absolute Gasteiger partial charge is 0.194 e. The minimum absolute atomic E-state index is 0.00437. The molecule has 2 aromatic rings. The largest absolute Gasteiger partial charge is 0.396 e. The van der Waals surface area contributed by atoms with Crippen LogP contribution in [0.15, 0.2) is 36.4 Å². The van der Waals surface area contributed by atoms with Crippen molar-refractivity contribution in [2.24, 2.45) is 0 Å². The van der Waals surface area contributed by atoms with Gasteiger partial charge in [0.2, 0.25) is 0 Å². The number of benzene rings is 2. The van der Waals surface area contributed by atoms with Crippen LogP contribution in [0.2, 0.25) is 0 Å². The van der Waals surface area contributed by atoms with E-state index in [0.717, 1.165) is 17.7 Å². The Kier molecular flexibility index (Phi) is 3.67. The Morgan fingerprint density at radius 3 is 2.17 bits per heavy atom. The number of hydrogen-bond donors (Lipinski definition) is 1. The third-order valence-corrected chi connectivity index (χ3v) is 2.64. The highest BCUT2D eigenvalue weighted by molar-refractivity contribution is 5.64. The lowest BCUT2D eigenvalue weighted by atomic mass is 10.0. The first kappa shape index (κ1) is 12.6. The van der Waals surface area contributed by atoms with Crippen molar-refractivity contribution < 1.29 is 18.3 Å². The van der Waals surface area contributed by atoms with Crippen LogP contribution < -0.4 is 0 Å². The Morgan fingerprint density at radius 1 is 0.889 bits per heavy atom. The zero-order valence-corrected chi connectivity index (χ0v) is 9.46. The van der Waals surface area contributed by atoms with Crippen LogP contribution in [0.1, 0.15) is 5.56 Å². The zero-order chi connectivity index (χ0) is 13.1. The lowest BCUT2D eigenvalue weighted by Gasteiger charge is -2.06. The zero-order valence-electron chi connectivity index (χ0n) is 9.46. The summed E-state index contributed by atoms with van der Waals surface area (Å²) in [5.41, 5.74) is 1.70. The molecule has 0 saturated carbocycles. The van der Waals surface area contributed by atoms with Gasteiger partial charge in [0, 0.05) is 6.61 Å². The highest BCUT2D eigenvalue weighted by Crippen LogP contribution is 2.24. The van der Waals surface area contributed by atoms with Gasteiger partial charge in [-0.2, -0.15) is 0 Å². The molecular formula is C14H11F3O. The normalized spacial score (nSPS) is 10.7. The van der Waals surface area contributed by atoms with Crippen LogP contribution in [0.25, 0.3) is 11.1 Å². The molecule has 0 heterocycles. The molecule has 0 aliphatic heterocycles. The molecule has 0 aliphatic rings. The Morgan fingerprint density at radius 2 is 1.56 bits per heavy atom. The van der Waals surface area contributed by atoms with Crippen molar-refractivity contribution in [2.75, 3.05) is 6.61 Å². The molecule has 4 heteroatoms. The molecule has 0 spiro atoms. The van der Waals surface area contributed by atoms with Crippen LogP contribution in [0.3, 0.4) is 0 Å². The van der Waals surface area contributed by atoms with Gasteiger partial charge in [-0.05, 0) is 35.2 Å². The molecule has 18 heavy (non-hydrogen) atoms. The van der Waals surface area contributed by atoms with Gasteiger partial charge in [0.1, 0.15) is 0 Å². The molecule has 0 amide bonds. The van der Waals surface area contributed by atoms with Gasteiger partial charge in [-0.1, -0.05) is 24.3 Å². The molecule has 0 bridgehead atoms. The third kappa shape index (κ3) is 2.54. The van der Waals surface area contributed by atoms with Gasteiger partial charge in [0.25, 0.3) is 0 Å². The SMILES string of the molecule is OCCc1cccc(-c2cc(F)c(F)c(F)c2)c1. The number of aliphatic hydroxyl groups excluding tert-OH is 1. The van der Waals surface area contributed by atoms with E-state index in [1.54, 1.807) is 24.3 Å². The van der Waals surface area contributed by atoms with Crippen molar-refractivity contribution in [3.05, 3.63) is 59.4 Å². The lowest BCUT2D eigenvalue weighted by Crippen LogP contribution is -1.93. The van der Waals surface area contributed by atoms with E-state index in [2.05, 4.69) is 0 Å². The van der Waals surface area contributed by atoms with E-state index in [1.165, 1.54) is 0 Å². The molecule has 0 aliphatic carbocycles. The third-order valence-electron chi connectivity index (χ3n) is 2.64. The number of halogens is 3. The van der Waals surface area contributed by atoms with Gasteiger partial charge in [-0.15, -0.1) is 0 Å². The average molecular weight is 252 g/mol. The van der Waals surface area contributed by atoms with Crippen molar-refractivity contribution in [1.29, 1.82) is 0 Å². The summed E-state index contributed by atoms with van der Waals surface area (Å²) in [6.45, 7) is -0.00437. The van der Waals surface area contributed by atoms with E-state index in [-0.39, 0.29) is 12.2 Å².